The molecule has 0 saturated carbocycles. The van der Waals surface area contributed by atoms with Gasteiger partial charge in [-0.2, -0.15) is 4.79 Å². The summed E-state index contributed by atoms with van der Waals surface area (Å²) in [6, 6.07) is 15.8. The second kappa shape index (κ2) is 8.78. The normalized spacial score (nSPS) is 11.1. The number of carbonyl (C=O) groups excluding carboxylic acids is 2. The molecule has 2 aromatic rings. The van der Waals surface area contributed by atoms with Gasteiger partial charge >= 0.3 is 11.7 Å². The first-order valence-corrected chi connectivity index (χ1v) is 7.83. The first kappa shape index (κ1) is 18.4. The van der Waals surface area contributed by atoms with Crippen molar-refractivity contribution in [3.8, 4) is 0 Å². The zero-order chi connectivity index (χ0) is 18.2. The van der Waals surface area contributed by atoms with Crippen molar-refractivity contribution in [3.05, 3.63) is 70.7 Å². The van der Waals surface area contributed by atoms with E-state index in [1.54, 1.807) is 24.3 Å². The second-order valence-corrected chi connectivity index (χ2v) is 5.62. The average molecular weight is 358 g/mol. The highest BCUT2D eigenvalue weighted by Gasteiger charge is 2.32. The van der Waals surface area contributed by atoms with E-state index in [9.17, 15) is 9.59 Å². The molecule has 1 unspecified atom stereocenters. The summed E-state index contributed by atoms with van der Waals surface area (Å²) < 4.78 is 4.46. The third-order valence-electron chi connectivity index (χ3n) is 3.52. The minimum atomic E-state index is -0.984. The molecule has 7 heteroatoms. The number of nitrogens with zero attached hydrogens (tertiary/aromatic N) is 2. The van der Waals surface area contributed by atoms with Gasteiger partial charge in [0.15, 0.2) is 0 Å². The van der Waals surface area contributed by atoms with Gasteiger partial charge in [-0.15, -0.1) is 0 Å². The van der Waals surface area contributed by atoms with Gasteiger partial charge < -0.3 is 15.6 Å². The number of ether oxygens (including phenoxy) is 1. The third kappa shape index (κ3) is 5.01. The number of ketones is 1. The van der Waals surface area contributed by atoms with Gasteiger partial charge in [0.2, 0.25) is 0 Å². The topological polar surface area (TPSA) is 91.8 Å². The maximum Gasteiger partial charge on any atom is 0.441 e. The van der Waals surface area contributed by atoms with Crippen LogP contribution in [-0.2, 0) is 14.3 Å². The molecule has 2 rings (SSSR count). The highest BCUT2D eigenvalue weighted by molar-refractivity contribution is 6.62. The molecule has 1 N–H and O–H groups in total. The minimum absolute atomic E-state index is 0.106. The SMILES string of the molecule is COC(=O)C(=[N+]=[N-])C(=O)CC(Nc1ccccc1)c1ccc(Cl)cc1. The molecule has 0 bridgehead atoms. The lowest BCUT2D eigenvalue weighted by Crippen LogP contribution is -2.29. The summed E-state index contributed by atoms with van der Waals surface area (Å²) in [4.78, 5) is 26.7. The van der Waals surface area contributed by atoms with E-state index >= 15 is 0 Å². The van der Waals surface area contributed by atoms with Crippen LogP contribution in [0, 0.1) is 0 Å². The van der Waals surface area contributed by atoms with Gasteiger partial charge in [0, 0.05) is 17.1 Å². The van der Waals surface area contributed by atoms with Gasteiger partial charge in [0.05, 0.1) is 13.2 Å². The minimum Gasteiger partial charge on any atom is -0.460 e. The van der Waals surface area contributed by atoms with Gasteiger partial charge in [-0.25, -0.2) is 4.79 Å². The molecule has 0 amide bonds. The Morgan fingerprint density at radius 3 is 2.36 bits per heavy atom. The molecule has 0 radical (unpaired) electrons. The lowest BCUT2D eigenvalue weighted by atomic mass is 9.99. The number of hydrogen-bond donors (Lipinski definition) is 1. The van der Waals surface area contributed by atoms with Gasteiger partial charge in [-0.1, -0.05) is 41.9 Å². The Labute approximate surface area is 150 Å². The van der Waals surface area contributed by atoms with Crippen molar-refractivity contribution in [2.45, 2.75) is 12.5 Å². The Morgan fingerprint density at radius 2 is 1.80 bits per heavy atom. The number of esters is 1. The third-order valence-corrected chi connectivity index (χ3v) is 3.77. The van der Waals surface area contributed by atoms with Crippen molar-refractivity contribution in [2.24, 2.45) is 0 Å². The van der Waals surface area contributed by atoms with Gasteiger partial charge in [-0.05, 0) is 29.8 Å². The first-order chi connectivity index (χ1) is 12.0. The summed E-state index contributed by atoms with van der Waals surface area (Å²) in [7, 11) is 1.11. The Hall–Kier alpha value is -2.95. The average Bonchev–Trinajstić information content (AvgIpc) is 2.63. The molecule has 0 aliphatic heterocycles. The number of Topliss-reactive ketones (excluding diaryl/α,β-unsaturated/α-hetero) is 1. The highest BCUT2D eigenvalue weighted by Crippen LogP contribution is 2.24. The number of nitrogens with one attached hydrogen (secondary N) is 1. The van der Waals surface area contributed by atoms with Crippen LogP contribution in [-0.4, -0.2) is 29.4 Å². The van der Waals surface area contributed by atoms with Crippen LogP contribution in [0.1, 0.15) is 18.0 Å². The molecule has 128 valence electrons. The fraction of sp³-hybridized carbons (Fsp3) is 0.167. The smallest absolute Gasteiger partial charge is 0.441 e. The summed E-state index contributed by atoms with van der Waals surface area (Å²) >= 11 is 5.91. The summed E-state index contributed by atoms with van der Waals surface area (Å²) in [5.41, 5.74) is 9.89. The molecular formula is C18H16ClN3O3. The number of carbonyl (C=O) groups is 2. The number of para-hydroxylation sites is 1. The molecule has 0 saturated heterocycles. The Morgan fingerprint density at radius 1 is 1.16 bits per heavy atom. The van der Waals surface area contributed by atoms with Gasteiger partial charge in [0.1, 0.15) is 0 Å². The molecule has 0 spiro atoms. The van der Waals surface area contributed by atoms with E-state index in [1.807, 2.05) is 30.3 Å². The molecule has 0 aliphatic carbocycles. The van der Waals surface area contributed by atoms with Crippen LogP contribution < -0.4 is 5.32 Å². The van der Waals surface area contributed by atoms with E-state index in [1.165, 1.54) is 0 Å². The van der Waals surface area contributed by atoms with E-state index in [4.69, 9.17) is 17.1 Å². The van der Waals surface area contributed by atoms with Crippen LogP contribution in [0.15, 0.2) is 54.6 Å². The maximum absolute atomic E-state index is 12.4. The van der Waals surface area contributed by atoms with Crippen LogP contribution in [0.5, 0.6) is 0 Å². The molecular weight excluding hydrogens is 342 g/mol. The molecule has 1 atom stereocenters. The number of anilines is 1. The molecule has 2 aromatic carbocycles. The largest absolute Gasteiger partial charge is 0.460 e. The zero-order valence-electron chi connectivity index (χ0n) is 13.5. The standard InChI is InChI=1S/C18H16ClN3O3/c1-25-18(24)17(22-20)16(23)11-15(12-7-9-13(19)10-8-12)21-14-5-3-2-4-6-14/h2-10,15,21H,11H2,1H3. The molecule has 25 heavy (non-hydrogen) atoms. The van der Waals surface area contributed by atoms with Crippen molar-refractivity contribution < 1.29 is 19.1 Å². The quantitative estimate of drug-likeness (QED) is 0.270. The molecule has 0 aromatic heterocycles. The van der Waals surface area contributed by atoms with Crippen molar-refractivity contribution in [3.63, 3.8) is 0 Å². The fourth-order valence-electron chi connectivity index (χ4n) is 2.27. The van der Waals surface area contributed by atoms with Crippen molar-refractivity contribution in [1.82, 2.24) is 0 Å². The number of benzene rings is 2. The van der Waals surface area contributed by atoms with E-state index in [2.05, 4.69) is 14.8 Å². The van der Waals surface area contributed by atoms with Crippen LogP contribution in [0.4, 0.5) is 5.69 Å². The van der Waals surface area contributed by atoms with E-state index < -0.39 is 23.5 Å². The van der Waals surface area contributed by atoms with Gasteiger partial charge in [-0.3, -0.25) is 4.79 Å². The summed E-state index contributed by atoms with van der Waals surface area (Å²) in [5, 5.41) is 3.80. The summed E-state index contributed by atoms with van der Waals surface area (Å²) in [6.07, 6.45) is -0.106. The van der Waals surface area contributed by atoms with E-state index in [0.717, 1.165) is 18.4 Å². The number of methoxy groups -OCH3 is 1. The highest BCUT2D eigenvalue weighted by atomic mass is 35.5. The molecule has 0 aliphatic rings. The summed E-state index contributed by atoms with van der Waals surface area (Å²) in [6.45, 7) is 0. The first-order valence-electron chi connectivity index (χ1n) is 7.45. The van der Waals surface area contributed by atoms with Gasteiger partial charge in [0.25, 0.3) is 5.78 Å². The maximum atomic E-state index is 12.4. The fourth-order valence-corrected chi connectivity index (χ4v) is 2.40. The number of rotatable bonds is 7. The van der Waals surface area contributed by atoms with Crippen molar-refractivity contribution in [1.29, 1.82) is 0 Å². The van der Waals surface area contributed by atoms with Crippen molar-refractivity contribution >= 4 is 34.8 Å². The van der Waals surface area contributed by atoms with Crippen LogP contribution in [0.3, 0.4) is 0 Å². The number of halogens is 1. The number of hydrogen-bond acceptors (Lipinski definition) is 4. The lowest BCUT2D eigenvalue weighted by molar-refractivity contribution is -0.139. The molecule has 0 fully saturated rings. The predicted octanol–water partition coefficient (Wildman–Crippen LogP) is 3.30. The second-order valence-electron chi connectivity index (χ2n) is 5.18. The monoisotopic (exact) mass is 357 g/mol. The van der Waals surface area contributed by atoms with E-state index in [0.29, 0.717) is 5.02 Å². The Bertz CT molecular complexity index is 800. The Balaban J connectivity index is 2.28. The zero-order valence-corrected chi connectivity index (χ0v) is 14.2. The van der Waals surface area contributed by atoms with E-state index in [-0.39, 0.29) is 6.42 Å². The van der Waals surface area contributed by atoms with Crippen LogP contribution in [0.2, 0.25) is 5.02 Å². The van der Waals surface area contributed by atoms with Crippen LogP contribution in [0.25, 0.3) is 5.53 Å². The Kier molecular flexibility index (Phi) is 6.46. The molecule has 0 heterocycles. The molecule has 6 nitrogen and oxygen atoms in total. The van der Waals surface area contributed by atoms with Crippen LogP contribution >= 0.6 is 11.6 Å². The predicted molar refractivity (Wildman–Crippen MR) is 94.5 cm³/mol. The lowest BCUT2D eigenvalue weighted by Gasteiger charge is -2.19. The summed E-state index contributed by atoms with van der Waals surface area (Å²) in [5.74, 6) is -1.63. The van der Waals surface area contributed by atoms with Crippen molar-refractivity contribution in [2.75, 3.05) is 12.4 Å².